The Bertz CT molecular complexity index is 646. The van der Waals surface area contributed by atoms with Crippen LogP contribution in [0.15, 0.2) is 24.4 Å². The molecule has 0 atom stereocenters. The van der Waals surface area contributed by atoms with Crippen LogP contribution in [-0.4, -0.2) is 43.2 Å². The Hall–Kier alpha value is -1.57. The third-order valence-corrected chi connectivity index (χ3v) is 4.63. The van der Waals surface area contributed by atoms with E-state index in [2.05, 4.69) is 14.8 Å². The van der Waals surface area contributed by atoms with Crippen molar-refractivity contribution in [3.8, 4) is 5.75 Å². The normalized spacial score (nSPS) is 15.3. The maximum Gasteiger partial charge on any atom is 0.180 e. The molecule has 0 saturated carbocycles. The van der Waals surface area contributed by atoms with Crippen LogP contribution < -0.4 is 15.4 Å². The number of ether oxygens (including phenoxy) is 1. The number of piperazine rings is 1. The second-order valence-electron chi connectivity index (χ2n) is 5.25. The van der Waals surface area contributed by atoms with Gasteiger partial charge < -0.3 is 15.4 Å². The minimum absolute atomic E-state index is 0. The van der Waals surface area contributed by atoms with Crippen LogP contribution in [0.1, 0.15) is 4.88 Å². The van der Waals surface area contributed by atoms with Crippen molar-refractivity contribution in [3.05, 3.63) is 35.1 Å². The van der Waals surface area contributed by atoms with E-state index in [1.54, 1.807) is 12.1 Å². The Kier molecular flexibility index (Phi) is 6.04. The third kappa shape index (κ3) is 4.25. The molecular weight excluding hydrogens is 339 g/mol. The topological polar surface area (TPSA) is 54.6 Å². The fourth-order valence-electron chi connectivity index (χ4n) is 2.63. The van der Waals surface area contributed by atoms with E-state index in [0.717, 1.165) is 38.4 Å². The Morgan fingerprint density at radius 3 is 2.65 bits per heavy atom. The lowest BCUT2D eigenvalue weighted by molar-refractivity contribution is 0.251. The number of benzene rings is 1. The number of nitrogens with zero attached hydrogens (tertiary/aromatic N) is 3. The molecule has 1 aromatic carbocycles. The van der Waals surface area contributed by atoms with Crippen molar-refractivity contribution in [2.45, 2.75) is 6.54 Å². The van der Waals surface area contributed by atoms with Gasteiger partial charge in [0.2, 0.25) is 0 Å². The highest BCUT2D eigenvalue weighted by Crippen LogP contribution is 2.25. The zero-order valence-electron chi connectivity index (χ0n) is 12.9. The second-order valence-corrected chi connectivity index (χ2v) is 6.39. The summed E-state index contributed by atoms with van der Waals surface area (Å²) in [5, 5.41) is 0.618. The van der Waals surface area contributed by atoms with E-state index in [-0.39, 0.29) is 18.2 Å². The van der Waals surface area contributed by atoms with E-state index in [0.29, 0.717) is 10.9 Å². The SMILES string of the molecule is COc1cc(N2CCN(Cc3cnc(N)s3)CC2)ccc1F.Cl. The molecule has 0 aliphatic carbocycles. The molecule has 1 aliphatic heterocycles. The van der Waals surface area contributed by atoms with Gasteiger partial charge in [0.05, 0.1) is 7.11 Å². The van der Waals surface area contributed by atoms with E-state index < -0.39 is 0 Å². The molecule has 2 aromatic rings. The summed E-state index contributed by atoms with van der Waals surface area (Å²) < 4.78 is 18.5. The van der Waals surface area contributed by atoms with Gasteiger partial charge in [-0.3, -0.25) is 4.90 Å². The zero-order valence-corrected chi connectivity index (χ0v) is 14.5. The molecule has 23 heavy (non-hydrogen) atoms. The first kappa shape index (κ1) is 17.8. The average Bonchev–Trinajstić information content (AvgIpc) is 2.94. The number of hydrogen-bond acceptors (Lipinski definition) is 6. The highest BCUT2D eigenvalue weighted by Gasteiger charge is 2.19. The van der Waals surface area contributed by atoms with Gasteiger partial charge in [-0.1, -0.05) is 0 Å². The summed E-state index contributed by atoms with van der Waals surface area (Å²) in [5.41, 5.74) is 6.66. The minimum Gasteiger partial charge on any atom is -0.494 e. The molecule has 0 radical (unpaired) electrons. The van der Waals surface area contributed by atoms with Crippen molar-refractivity contribution >= 4 is 34.6 Å². The quantitative estimate of drug-likeness (QED) is 0.910. The van der Waals surface area contributed by atoms with Crippen LogP contribution in [0.3, 0.4) is 0 Å². The van der Waals surface area contributed by atoms with Crippen LogP contribution in [0.5, 0.6) is 5.75 Å². The van der Waals surface area contributed by atoms with E-state index in [1.807, 2.05) is 6.20 Å². The van der Waals surface area contributed by atoms with Crippen molar-refractivity contribution in [1.29, 1.82) is 0 Å². The maximum atomic E-state index is 13.5. The molecule has 1 fully saturated rings. The Morgan fingerprint density at radius 2 is 2.04 bits per heavy atom. The van der Waals surface area contributed by atoms with Crippen LogP contribution >= 0.6 is 23.7 Å². The summed E-state index contributed by atoms with van der Waals surface area (Å²) in [6.07, 6.45) is 1.84. The second kappa shape index (κ2) is 7.81. The van der Waals surface area contributed by atoms with Crippen LogP contribution in [0.25, 0.3) is 0 Å². The number of hydrogen-bond donors (Lipinski definition) is 1. The summed E-state index contributed by atoms with van der Waals surface area (Å²) >= 11 is 1.54. The summed E-state index contributed by atoms with van der Waals surface area (Å²) in [4.78, 5) is 9.90. The average molecular weight is 359 g/mol. The molecule has 8 heteroatoms. The van der Waals surface area contributed by atoms with Crippen molar-refractivity contribution < 1.29 is 9.13 Å². The first-order chi connectivity index (χ1) is 10.7. The van der Waals surface area contributed by atoms with Gasteiger partial charge in [0.1, 0.15) is 0 Å². The fourth-order valence-corrected chi connectivity index (χ4v) is 3.35. The first-order valence-corrected chi connectivity index (χ1v) is 7.98. The van der Waals surface area contributed by atoms with E-state index >= 15 is 0 Å². The molecule has 0 unspecified atom stereocenters. The lowest BCUT2D eigenvalue weighted by Crippen LogP contribution is -2.45. The van der Waals surface area contributed by atoms with Crippen LogP contribution in [-0.2, 0) is 6.54 Å². The third-order valence-electron chi connectivity index (χ3n) is 3.82. The number of nitrogens with two attached hydrogens (primary N) is 1. The molecule has 0 amide bonds. The van der Waals surface area contributed by atoms with E-state index in [9.17, 15) is 4.39 Å². The number of aromatic nitrogens is 1. The molecule has 2 N–H and O–H groups in total. The Labute approximate surface area is 145 Å². The number of rotatable bonds is 4. The predicted molar refractivity (Wildman–Crippen MR) is 94.2 cm³/mol. The van der Waals surface area contributed by atoms with Gasteiger partial charge >= 0.3 is 0 Å². The van der Waals surface area contributed by atoms with E-state index in [4.69, 9.17) is 10.5 Å². The Balaban J connectivity index is 0.00000192. The lowest BCUT2D eigenvalue weighted by atomic mass is 10.2. The summed E-state index contributed by atoms with van der Waals surface area (Å²) in [6, 6.07) is 5.02. The van der Waals surface area contributed by atoms with Gasteiger partial charge in [-0.05, 0) is 12.1 Å². The summed E-state index contributed by atoms with van der Waals surface area (Å²) in [7, 11) is 1.49. The van der Waals surface area contributed by atoms with Crippen LogP contribution in [0.2, 0.25) is 0 Å². The van der Waals surface area contributed by atoms with Crippen molar-refractivity contribution in [2.75, 3.05) is 43.9 Å². The van der Waals surface area contributed by atoms with Crippen molar-refractivity contribution in [3.63, 3.8) is 0 Å². The standard InChI is InChI=1S/C15H19FN4OS.ClH/c1-21-14-8-11(2-3-13(14)16)20-6-4-19(5-7-20)10-12-9-18-15(17)22-12;/h2-3,8-9H,4-7,10H2,1H3,(H2,17,18);1H. The molecule has 2 heterocycles. The highest BCUT2D eigenvalue weighted by atomic mass is 35.5. The van der Waals surface area contributed by atoms with Crippen LogP contribution in [0.4, 0.5) is 15.2 Å². The molecule has 126 valence electrons. The largest absolute Gasteiger partial charge is 0.494 e. The first-order valence-electron chi connectivity index (χ1n) is 7.17. The number of halogens is 2. The van der Waals surface area contributed by atoms with Gasteiger partial charge in [0.15, 0.2) is 16.7 Å². The van der Waals surface area contributed by atoms with Crippen molar-refractivity contribution in [1.82, 2.24) is 9.88 Å². The maximum absolute atomic E-state index is 13.5. The molecule has 3 rings (SSSR count). The Morgan fingerprint density at radius 1 is 1.30 bits per heavy atom. The van der Waals surface area contributed by atoms with Gasteiger partial charge in [-0.15, -0.1) is 23.7 Å². The molecular formula is C15H20ClFN4OS. The fraction of sp³-hybridized carbons (Fsp3) is 0.400. The minimum atomic E-state index is -0.326. The van der Waals surface area contributed by atoms with Gasteiger partial charge in [0.25, 0.3) is 0 Å². The van der Waals surface area contributed by atoms with Gasteiger partial charge in [-0.25, -0.2) is 9.37 Å². The molecule has 1 aliphatic rings. The number of nitrogen functional groups attached to an aromatic ring is 1. The van der Waals surface area contributed by atoms with Crippen LogP contribution in [0, 0.1) is 5.82 Å². The molecule has 5 nitrogen and oxygen atoms in total. The summed E-state index contributed by atoms with van der Waals surface area (Å²) in [5.74, 6) is -0.0345. The predicted octanol–water partition coefficient (Wildman–Crippen LogP) is 2.62. The summed E-state index contributed by atoms with van der Waals surface area (Å²) in [6.45, 7) is 4.61. The number of methoxy groups -OCH3 is 1. The molecule has 1 aromatic heterocycles. The molecule has 0 spiro atoms. The number of thiazole rings is 1. The van der Waals surface area contributed by atoms with Crippen molar-refractivity contribution in [2.24, 2.45) is 0 Å². The number of anilines is 2. The van der Waals surface area contributed by atoms with E-state index in [1.165, 1.54) is 29.4 Å². The highest BCUT2D eigenvalue weighted by molar-refractivity contribution is 7.15. The smallest absolute Gasteiger partial charge is 0.180 e. The zero-order chi connectivity index (χ0) is 15.5. The van der Waals surface area contributed by atoms with Gasteiger partial charge in [-0.2, -0.15) is 0 Å². The molecule has 1 saturated heterocycles. The van der Waals surface area contributed by atoms with Gasteiger partial charge in [0, 0.05) is 55.6 Å². The molecule has 0 bridgehead atoms. The lowest BCUT2D eigenvalue weighted by Gasteiger charge is -2.36. The monoisotopic (exact) mass is 358 g/mol.